The fourth-order valence-electron chi connectivity index (χ4n) is 1.93. The average Bonchev–Trinajstić information content (AvgIpc) is 2.36. The van der Waals surface area contributed by atoms with Crippen molar-refractivity contribution in [2.24, 2.45) is 0 Å². The molecule has 0 bridgehead atoms. The van der Waals surface area contributed by atoms with E-state index in [9.17, 15) is 4.79 Å². The predicted octanol–water partition coefficient (Wildman–Crippen LogP) is 3.92. The minimum Gasteiger partial charge on any atom is -0.479 e. The van der Waals surface area contributed by atoms with Crippen molar-refractivity contribution < 1.29 is 14.6 Å². The number of carbonyl (C=O) groups is 1. The number of rotatable bonds is 6. The van der Waals surface area contributed by atoms with Gasteiger partial charge in [-0.2, -0.15) is 0 Å². The van der Waals surface area contributed by atoms with E-state index in [-0.39, 0.29) is 5.41 Å². The number of aliphatic carboxylic acids is 1. The third-order valence-electron chi connectivity index (χ3n) is 3.66. The van der Waals surface area contributed by atoms with Gasteiger partial charge in [0.25, 0.3) is 0 Å². The highest BCUT2D eigenvalue weighted by molar-refractivity contribution is 5.72. The Kier molecular flexibility index (Phi) is 4.98. The Morgan fingerprint density at radius 3 is 2.47 bits per heavy atom. The molecule has 3 heteroatoms. The van der Waals surface area contributed by atoms with Gasteiger partial charge >= 0.3 is 5.97 Å². The standard InChI is InChI=1S/C16H24O3/c1-6-13(15(17)18)19-14-9-8-11(3)10-12(14)16(4,5)7-2/h8-10,13H,6-7H2,1-5H3,(H,17,18). The van der Waals surface area contributed by atoms with Crippen LogP contribution < -0.4 is 4.74 Å². The third kappa shape index (κ3) is 3.72. The van der Waals surface area contributed by atoms with Crippen molar-refractivity contribution in [2.75, 3.05) is 0 Å². The molecule has 0 fully saturated rings. The van der Waals surface area contributed by atoms with Gasteiger partial charge in [0.2, 0.25) is 0 Å². The molecule has 1 atom stereocenters. The molecule has 1 aromatic carbocycles. The third-order valence-corrected chi connectivity index (χ3v) is 3.66. The van der Waals surface area contributed by atoms with Crippen LogP contribution in [0.3, 0.4) is 0 Å². The van der Waals surface area contributed by atoms with E-state index in [0.717, 1.165) is 17.5 Å². The molecule has 1 rings (SSSR count). The zero-order chi connectivity index (χ0) is 14.6. The van der Waals surface area contributed by atoms with Crippen LogP contribution in [0.1, 0.15) is 51.7 Å². The molecule has 3 nitrogen and oxygen atoms in total. The van der Waals surface area contributed by atoms with Crippen LogP contribution in [0.2, 0.25) is 0 Å². The van der Waals surface area contributed by atoms with Gasteiger partial charge < -0.3 is 9.84 Å². The molecule has 0 aliphatic carbocycles. The first kappa shape index (κ1) is 15.5. The second-order valence-corrected chi connectivity index (χ2v) is 5.59. The van der Waals surface area contributed by atoms with Gasteiger partial charge in [-0.15, -0.1) is 0 Å². The number of carboxylic acids is 1. The Morgan fingerprint density at radius 1 is 1.37 bits per heavy atom. The van der Waals surface area contributed by atoms with Gasteiger partial charge in [0.05, 0.1) is 0 Å². The van der Waals surface area contributed by atoms with Crippen molar-refractivity contribution in [3.63, 3.8) is 0 Å². The molecule has 0 aliphatic heterocycles. The van der Waals surface area contributed by atoms with Crippen molar-refractivity contribution >= 4 is 5.97 Å². The highest BCUT2D eigenvalue weighted by atomic mass is 16.5. The van der Waals surface area contributed by atoms with E-state index in [2.05, 4.69) is 26.8 Å². The number of aryl methyl sites for hydroxylation is 1. The molecule has 0 radical (unpaired) electrons. The normalized spacial score (nSPS) is 13.1. The van der Waals surface area contributed by atoms with Crippen molar-refractivity contribution in [2.45, 2.75) is 59.0 Å². The van der Waals surface area contributed by atoms with E-state index in [1.165, 1.54) is 0 Å². The van der Waals surface area contributed by atoms with Gasteiger partial charge in [-0.05, 0) is 31.2 Å². The van der Waals surface area contributed by atoms with Gasteiger partial charge in [-0.1, -0.05) is 45.4 Å². The maximum atomic E-state index is 11.1. The molecular weight excluding hydrogens is 240 g/mol. The number of carboxylic acid groups (broad SMARTS) is 1. The molecule has 1 unspecified atom stereocenters. The van der Waals surface area contributed by atoms with Gasteiger partial charge in [0, 0.05) is 5.56 Å². The van der Waals surface area contributed by atoms with E-state index in [1.807, 2.05) is 26.0 Å². The van der Waals surface area contributed by atoms with E-state index < -0.39 is 12.1 Å². The molecule has 0 saturated carbocycles. The van der Waals surface area contributed by atoms with Crippen LogP contribution in [0.25, 0.3) is 0 Å². The van der Waals surface area contributed by atoms with E-state index in [4.69, 9.17) is 9.84 Å². The summed E-state index contributed by atoms with van der Waals surface area (Å²) in [5.74, 6) is -0.227. The minimum absolute atomic E-state index is 0.0296. The molecule has 0 saturated heterocycles. The monoisotopic (exact) mass is 264 g/mol. The molecule has 106 valence electrons. The molecule has 0 aliphatic rings. The molecule has 1 aromatic rings. The van der Waals surface area contributed by atoms with Gasteiger partial charge in [-0.25, -0.2) is 4.79 Å². The average molecular weight is 264 g/mol. The summed E-state index contributed by atoms with van der Waals surface area (Å²) in [7, 11) is 0. The first-order valence-electron chi connectivity index (χ1n) is 6.82. The van der Waals surface area contributed by atoms with Crippen molar-refractivity contribution in [1.82, 2.24) is 0 Å². The first-order valence-corrected chi connectivity index (χ1v) is 6.82. The molecule has 0 spiro atoms. The summed E-state index contributed by atoms with van der Waals surface area (Å²) in [6.07, 6.45) is 0.639. The summed E-state index contributed by atoms with van der Waals surface area (Å²) in [5, 5.41) is 9.12. The predicted molar refractivity (Wildman–Crippen MR) is 76.8 cm³/mol. The summed E-state index contributed by atoms with van der Waals surface area (Å²) >= 11 is 0. The highest BCUT2D eigenvalue weighted by Gasteiger charge is 2.25. The number of hydrogen-bond donors (Lipinski definition) is 1. The van der Waals surface area contributed by atoms with Crippen LogP contribution in [0.5, 0.6) is 5.75 Å². The van der Waals surface area contributed by atoms with Crippen LogP contribution in [0, 0.1) is 6.92 Å². The second-order valence-electron chi connectivity index (χ2n) is 5.59. The maximum Gasteiger partial charge on any atom is 0.344 e. The maximum absolute atomic E-state index is 11.1. The minimum atomic E-state index is -0.914. The first-order chi connectivity index (χ1) is 8.81. The summed E-state index contributed by atoms with van der Waals surface area (Å²) in [6, 6.07) is 5.93. The topological polar surface area (TPSA) is 46.5 Å². The lowest BCUT2D eigenvalue weighted by Crippen LogP contribution is -2.28. The van der Waals surface area contributed by atoms with E-state index in [0.29, 0.717) is 12.2 Å². The highest BCUT2D eigenvalue weighted by Crippen LogP contribution is 2.35. The van der Waals surface area contributed by atoms with Crippen molar-refractivity contribution in [3.8, 4) is 5.75 Å². The number of ether oxygens (including phenoxy) is 1. The lowest BCUT2D eigenvalue weighted by molar-refractivity contribution is -0.145. The quantitative estimate of drug-likeness (QED) is 0.847. The van der Waals surface area contributed by atoms with Crippen LogP contribution in [0.15, 0.2) is 18.2 Å². The van der Waals surface area contributed by atoms with Crippen molar-refractivity contribution in [3.05, 3.63) is 29.3 Å². The van der Waals surface area contributed by atoms with Crippen LogP contribution in [0.4, 0.5) is 0 Å². The molecule has 0 aromatic heterocycles. The summed E-state index contributed by atoms with van der Waals surface area (Å²) < 4.78 is 5.70. The van der Waals surface area contributed by atoms with Crippen molar-refractivity contribution in [1.29, 1.82) is 0 Å². The lowest BCUT2D eigenvalue weighted by atomic mass is 9.81. The molecule has 1 N–H and O–H groups in total. The largest absolute Gasteiger partial charge is 0.479 e. The zero-order valence-electron chi connectivity index (χ0n) is 12.5. The number of benzene rings is 1. The molecular formula is C16H24O3. The molecule has 0 amide bonds. The number of hydrogen-bond acceptors (Lipinski definition) is 2. The van der Waals surface area contributed by atoms with E-state index >= 15 is 0 Å². The SMILES string of the molecule is CCC(Oc1ccc(C)cc1C(C)(C)CC)C(=O)O. The molecule has 0 heterocycles. The Labute approximate surface area is 115 Å². The second kappa shape index (κ2) is 6.09. The smallest absolute Gasteiger partial charge is 0.344 e. The van der Waals surface area contributed by atoms with Crippen LogP contribution >= 0.6 is 0 Å². The van der Waals surface area contributed by atoms with Gasteiger partial charge in [-0.3, -0.25) is 0 Å². The summed E-state index contributed by atoms with van der Waals surface area (Å²) in [5.41, 5.74) is 2.21. The van der Waals surface area contributed by atoms with Crippen LogP contribution in [-0.2, 0) is 10.2 Å². The fourth-order valence-corrected chi connectivity index (χ4v) is 1.93. The lowest BCUT2D eigenvalue weighted by Gasteiger charge is -2.27. The Balaban J connectivity index is 3.17. The van der Waals surface area contributed by atoms with E-state index in [1.54, 1.807) is 0 Å². The molecule has 19 heavy (non-hydrogen) atoms. The zero-order valence-corrected chi connectivity index (χ0v) is 12.5. The Hall–Kier alpha value is -1.51. The fraction of sp³-hybridized carbons (Fsp3) is 0.562. The van der Waals surface area contributed by atoms with Gasteiger partial charge in [0.15, 0.2) is 6.10 Å². The Morgan fingerprint density at radius 2 is 2.00 bits per heavy atom. The van der Waals surface area contributed by atoms with Gasteiger partial charge in [0.1, 0.15) is 5.75 Å². The Bertz CT molecular complexity index is 449. The van der Waals surface area contributed by atoms with Crippen LogP contribution in [-0.4, -0.2) is 17.2 Å². The summed E-state index contributed by atoms with van der Waals surface area (Å²) in [4.78, 5) is 11.1. The summed E-state index contributed by atoms with van der Waals surface area (Å²) in [6.45, 7) is 10.3.